The number of aliphatic imine (C=N–C) groups is 1. The van der Waals surface area contributed by atoms with Crippen molar-refractivity contribution in [3.8, 4) is 0 Å². The monoisotopic (exact) mass is 309 g/mol. The van der Waals surface area contributed by atoms with Gasteiger partial charge in [-0.1, -0.05) is 0 Å². The third-order valence-electron chi connectivity index (χ3n) is 4.28. The summed E-state index contributed by atoms with van der Waals surface area (Å²) in [5.74, 6) is -0.383. The van der Waals surface area contributed by atoms with Gasteiger partial charge in [-0.2, -0.15) is 0 Å². The van der Waals surface area contributed by atoms with Crippen LogP contribution in [0.5, 0.6) is 0 Å². The SMILES string of the molecule is CN=C(NCCc1cc(F)cc(F)c1)NC1CC2CCC1O2. The van der Waals surface area contributed by atoms with Crippen LogP contribution in [0.1, 0.15) is 24.8 Å². The maximum atomic E-state index is 13.1. The van der Waals surface area contributed by atoms with E-state index in [0.29, 0.717) is 36.6 Å². The van der Waals surface area contributed by atoms with Crippen molar-refractivity contribution in [2.45, 2.75) is 43.9 Å². The van der Waals surface area contributed by atoms with Crippen molar-refractivity contribution in [3.05, 3.63) is 35.4 Å². The van der Waals surface area contributed by atoms with Gasteiger partial charge in [0.15, 0.2) is 5.96 Å². The van der Waals surface area contributed by atoms with Gasteiger partial charge in [0, 0.05) is 19.7 Å². The van der Waals surface area contributed by atoms with Gasteiger partial charge in [-0.15, -0.1) is 0 Å². The summed E-state index contributed by atoms with van der Waals surface area (Å²) in [4.78, 5) is 4.19. The third-order valence-corrected chi connectivity index (χ3v) is 4.28. The van der Waals surface area contributed by atoms with Gasteiger partial charge in [0.2, 0.25) is 0 Å². The van der Waals surface area contributed by atoms with Crippen molar-refractivity contribution < 1.29 is 13.5 Å². The van der Waals surface area contributed by atoms with Crippen LogP contribution in [-0.2, 0) is 11.2 Å². The molecule has 2 bridgehead atoms. The van der Waals surface area contributed by atoms with E-state index >= 15 is 0 Å². The van der Waals surface area contributed by atoms with Crippen LogP contribution in [0.15, 0.2) is 23.2 Å². The van der Waals surface area contributed by atoms with Crippen molar-refractivity contribution in [1.29, 1.82) is 0 Å². The first-order valence-electron chi connectivity index (χ1n) is 7.71. The number of fused-ring (bicyclic) bond motifs is 2. The van der Waals surface area contributed by atoms with Crippen LogP contribution in [0.2, 0.25) is 0 Å². The molecule has 2 N–H and O–H groups in total. The zero-order chi connectivity index (χ0) is 15.5. The lowest BCUT2D eigenvalue weighted by atomic mass is 9.96. The van der Waals surface area contributed by atoms with E-state index in [2.05, 4.69) is 15.6 Å². The number of hydrogen-bond donors (Lipinski definition) is 2. The van der Waals surface area contributed by atoms with Crippen LogP contribution >= 0.6 is 0 Å². The van der Waals surface area contributed by atoms with E-state index in [1.807, 2.05) is 0 Å². The number of nitrogens with zero attached hydrogens (tertiary/aromatic N) is 1. The molecule has 0 saturated carbocycles. The molecule has 0 aromatic heterocycles. The maximum absolute atomic E-state index is 13.1. The molecule has 0 spiro atoms. The zero-order valence-corrected chi connectivity index (χ0v) is 12.6. The number of halogens is 2. The number of rotatable bonds is 4. The second-order valence-corrected chi connectivity index (χ2v) is 5.89. The molecule has 1 aromatic rings. The molecule has 120 valence electrons. The number of benzene rings is 1. The van der Waals surface area contributed by atoms with Crippen molar-refractivity contribution >= 4 is 5.96 Å². The van der Waals surface area contributed by atoms with E-state index < -0.39 is 11.6 Å². The molecule has 2 saturated heterocycles. The highest BCUT2D eigenvalue weighted by molar-refractivity contribution is 5.80. The van der Waals surface area contributed by atoms with E-state index in [0.717, 1.165) is 25.3 Å². The first kappa shape index (κ1) is 15.2. The number of ether oxygens (including phenoxy) is 1. The summed E-state index contributed by atoms with van der Waals surface area (Å²) in [5, 5.41) is 6.55. The average molecular weight is 309 g/mol. The minimum Gasteiger partial charge on any atom is -0.373 e. The van der Waals surface area contributed by atoms with Crippen LogP contribution in [-0.4, -0.2) is 37.8 Å². The lowest BCUT2D eigenvalue weighted by Gasteiger charge is -2.22. The van der Waals surface area contributed by atoms with Gasteiger partial charge in [0.1, 0.15) is 11.6 Å². The summed E-state index contributed by atoms with van der Waals surface area (Å²) in [6, 6.07) is 3.89. The highest BCUT2D eigenvalue weighted by atomic mass is 19.1. The average Bonchev–Trinajstić information content (AvgIpc) is 3.07. The van der Waals surface area contributed by atoms with Gasteiger partial charge < -0.3 is 15.4 Å². The summed E-state index contributed by atoms with van der Waals surface area (Å²) in [5.41, 5.74) is 0.628. The van der Waals surface area contributed by atoms with Gasteiger partial charge >= 0.3 is 0 Å². The van der Waals surface area contributed by atoms with Crippen LogP contribution in [0.25, 0.3) is 0 Å². The van der Waals surface area contributed by atoms with Gasteiger partial charge in [-0.25, -0.2) is 8.78 Å². The fourth-order valence-corrected chi connectivity index (χ4v) is 3.24. The van der Waals surface area contributed by atoms with E-state index in [4.69, 9.17) is 4.74 Å². The Balaban J connectivity index is 1.47. The van der Waals surface area contributed by atoms with Gasteiger partial charge in [-0.05, 0) is 43.4 Å². The summed E-state index contributed by atoms with van der Waals surface area (Å²) in [7, 11) is 1.71. The molecule has 3 atom stereocenters. The van der Waals surface area contributed by atoms with Gasteiger partial charge in [0.25, 0.3) is 0 Å². The normalized spacial score (nSPS) is 27.2. The Morgan fingerprint density at radius 2 is 2.05 bits per heavy atom. The summed E-state index contributed by atoms with van der Waals surface area (Å²) < 4.78 is 32.1. The largest absolute Gasteiger partial charge is 0.373 e. The van der Waals surface area contributed by atoms with Crippen molar-refractivity contribution in [2.24, 2.45) is 4.99 Å². The molecular formula is C16H21F2N3O. The minimum atomic E-state index is -0.545. The standard InChI is InChI=1S/C16H21F2N3O/c1-19-16(21-14-9-13-2-3-15(14)22-13)20-5-4-10-6-11(17)8-12(18)7-10/h6-8,13-15H,2-5,9H2,1H3,(H2,19,20,21). The lowest BCUT2D eigenvalue weighted by molar-refractivity contribution is 0.0992. The van der Waals surface area contributed by atoms with E-state index in [9.17, 15) is 8.78 Å². The molecule has 22 heavy (non-hydrogen) atoms. The smallest absolute Gasteiger partial charge is 0.191 e. The van der Waals surface area contributed by atoms with Crippen LogP contribution in [0.3, 0.4) is 0 Å². The Morgan fingerprint density at radius 3 is 2.64 bits per heavy atom. The van der Waals surface area contributed by atoms with E-state index in [1.54, 1.807) is 7.05 Å². The predicted octanol–water partition coefficient (Wildman–Crippen LogP) is 1.99. The number of hydrogen-bond acceptors (Lipinski definition) is 2. The van der Waals surface area contributed by atoms with Gasteiger partial charge in [-0.3, -0.25) is 4.99 Å². The van der Waals surface area contributed by atoms with Crippen LogP contribution in [0.4, 0.5) is 8.78 Å². The Labute approximate surface area is 129 Å². The molecule has 0 amide bonds. The summed E-state index contributed by atoms with van der Waals surface area (Å²) >= 11 is 0. The highest BCUT2D eigenvalue weighted by Crippen LogP contribution is 2.34. The third kappa shape index (κ3) is 3.55. The van der Waals surface area contributed by atoms with Gasteiger partial charge in [0.05, 0.1) is 18.2 Å². The molecule has 4 nitrogen and oxygen atoms in total. The molecule has 3 rings (SSSR count). The lowest BCUT2D eigenvalue weighted by Crippen LogP contribution is -2.47. The molecular weight excluding hydrogens is 288 g/mol. The number of nitrogens with one attached hydrogen (secondary N) is 2. The van der Waals surface area contributed by atoms with Crippen molar-refractivity contribution in [1.82, 2.24) is 10.6 Å². The quantitative estimate of drug-likeness (QED) is 0.660. The Morgan fingerprint density at radius 1 is 1.27 bits per heavy atom. The molecule has 2 aliphatic heterocycles. The second-order valence-electron chi connectivity index (χ2n) is 5.89. The molecule has 0 radical (unpaired) electrons. The van der Waals surface area contributed by atoms with Crippen LogP contribution in [0, 0.1) is 11.6 Å². The minimum absolute atomic E-state index is 0.279. The highest BCUT2D eigenvalue weighted by Gasteiger charge is 2.41. The predicted molar refractivity (Wildman–Crippen MR) is 80.9 cm³/mol. The Hall–Kier alpha value is -1.69. The van der Waals surface area contributed by atoms with Crippen molar-refractivity contribution in [3.63, 3.8) is 0 Å². The van der Waals surface area contributed by atoms with E-state index in [-0.39, 0.29) is 6.10 Å². The fraction of sp³-hybridized carbons (Fsp3) is 0.562. The Bertz CT molecular complexity index is 544. The molecule has 2 fully saturated rings. The van der Waals surface area contributed by atoms with Crippen molar-refractivity contribution in [2.75, 3.05) is 13.6 Å². The summed E-state index contributed by atoms with van der Waals surface area (Å²) in [6.45, 7) is 0.560. The molecule has 2 aliphatic rings. The molecule has 6 heteroatoms. The number of guanidine groups is 1. The van der Waals surface area contributed by atoms with Crippen LogP contribution < -0.4 is 10.6 Å². The second kappa shape index (κ2) is 6.60. The molecule has 3 unspecified atom stereocenters. The first-order valence-corrected chi connectivity index (χ1v) is 7.71. The molecule has 1 aromatic carbocycles. The molecule has 0 aliphatic carbocycles. The Kier molecular flexibility index (Phi) is 4.57. The first-order chi connectivity index (χ1) is 10.6. The zero-order valence-electron chi connectivity index (χ0n) is 12.6. The maximum Gasteiger partial charge on any atom is 0.191 e. The topological polar surface area (TPSA) is 45.7 Å². The summed E-state index contributed by atoms with van der Waals surface area (Å²) in [6.07, 6.45) is 4.46. The molecule has 2 heterocycles. The fourth-order valence-electron chi connectivity index (χ4n) is 3.24. The van der Waals surface area contributed by atoms with E-state index in [1.165, 1.54) is 12.1 Å².